The Morgan fingerprint density at radius 2 is 1.66 bits per heavy atom. The highest BCUT2D eigenvalue weighted by Crippen LogP contribution is 2.26. The molecule has 2 N–H and O–H groups in total. The molecular weight excluding hydrogens is 424 g/mol. The van der Waals surface area contributed by atoms with Gasteiger partial charge < -0.3 is 10.2 Å². The predicted molar refractivity (Wildman–Crippen MR) is 126 cm³/mol. The number of sulfonamides is 1. The molecule has 2 aromatic heterocycles. The third-order valence-electron chi connectivity index (χ3n) is 5.41. The first-order valence-corrected chi connectivity index (χ1v) is 11.9. The summed E-state index contributed by atoms with van der Waals surface area (Å²) < 4.78 is 28.6. The molecule has 8 nitrogen and oxygen atoms in total. The van der Waals surface area contributed by atoms with E-state index in [1.807, 2.05) is 18.2 Å². The minimum Gasteiger partial charge on any atom is -0.370 e. The van der Waals surface area contributed by atoms with E-state index in [1.165, 1.54) is 12.8 Å². The number of fused-ring (bicyclic) bond motifs is 1. The van der Waals surface area contributed by atoms with Crippen LogP contribution >= 0.6 is 0 Å². The highest BCUT2D eigenvalue weighted by Gasteiger charge is 2.18. The molecule has 0 bridgehead atoms. The van der Waals surface area contributed by atoms with Crippen molar-refractivity contribution >= 4 is 43.8 Å². The zero-order valence-corrected chi connectivity index (χ0v) is 18.1. The summed E-state index contributed by atoms with van der Waals surface area (Å²) in [6.07, 6.45) is 5.74. The second-order valence-corrected chi connectivity index (χ2v) is 9.28. The maximum atomic E-state index is 13.0. The van der Waals surface area contributed by atoms with E-state index in [9.17, 15) is 8.42 Å². The van der Waals surface area contributed by atoms with Crippen LogP contribution in [0.15, 0.2) is 78.0 Å². The highest BCUT2D eigenvalue weighted by atomic mass is 32.2. The lowest BCUT2D eigenvalue weighted by molar-refractivity contribution is 0.602. The normalized spacial score (nSPS) is 13.9. The molecular formula is C23H22N6O2S. The molecule has 0 spiro atoms. The van der Waals surface area contributed by atoms with E-state index < -0.39 is 10.0 Å². The van der Waals surface area contributed by atoms with Gasteiger partial charge in [0.25, 0.3) is 10.0 Å². The van der Waals surface area contributed by atoms with Crippen molar-refractivity contribution in [3.05, 3.63) is 73.1 Å². The van der Waals surface area contributed by atoms with Crippen LogP contribution < -0.4 is 14.9 Å². The molecule has 3 heterocycles. The van der Waals surface area contributed by atoms with Gasteiger partial charge in [-0.25, -0.2) is 8.42 Å². The zero-order chi connectivity index (χ0) is 22.0. The monoisotopic (exact) mass is 446 g/mol. The van der Waals surface area contributed by atoms with Crippen LogP contribution in [0.5, 0.6) is 0 Å². The molecule has 0 saturated carbocycles. The fourth-order valence-corrected chi connectivity index (χ4v) is 5.08. The van der Waals surface area contributed by atoms with Crippen LogP contribution in [0.1, 0.15) is 12.8 Å². The molecule has 0 atom stereocenters. The zero-order valence-electron chi connectivity index (χ0n) is 17.3. The number of nitrogens with one attached hydrogen (secondary N) is 2. The van der Waals surface area contributed by atoms with E-state index in [4.69, 9.17) is 0 Å². The van der Waals surface area contributed by atoms with Crippen molar-refractivity contribution in [2.24, 2.45) is 0 Å². The number of nitrogens with zero attached hydrogens (tertiary/aromatic N) is 4. The van der Waals surface area contributed by atoms with Gasteiger partial charge in [-0.05, 0) is 49.2 Å². The van der Waals surface area contributed by atoms with Gasteiger partial charge in [-0.2, -0.15) is 5.10 Å². The van der Waals surface area contributed by atoms with Crippen LogP contribution in [0.25, 0.3) is 10.9 Å². The first kappa shape index (κ1) is 20.2. The van der Waals surface area contributed by atoms with E-state index >= 15 is 0 Å². The minimum absolute atomic E-state index is 0.145. The lowest BCUT2D eigenvalue weighted by Crippen LogP contribution is -2.18. The number of rotatable bonds is 6. The van der Waals surface area contributed by atoms with Gasteiger partial charge in [-0.3, -0.25) is 9.71 Å². The Balaban J connectivity index is 1.32. The molecule has 32 heavy (non-hydrogen) atoms. The molecule has 1 fully saturated rings. The summed E-state index contributed by atoms with van der Waals surface area (Å²) in [6.45, 7) is 2.07. The van der Waals surface area contributed by atoms with E-state index in [0.717, 1.165) is 29.9 Å². The number of pyridine rings is 1. The third-order valence-corrected chi connectivity index (χ3v) is 6.82. The number of benzene rings is 2. The molecule has 0 radical (unpaired) electrons. The minimum atomic E-state index is -3.79. The predicted octanol–water partition coefficient (Wildman–Crippen LogP) is 4.17. The van der Waals surface area contributed by atoms with Crippen molar-refractivity contribution in [3.8, 4) is 0 Å². The molecule has 162 valence electrons. The van der Waals surface area contributed by atoms with Crippen molar-refractivity contribution in [3.63, 3.8) is 0 Å². The molecule has 0 unspecified atom stereocenters. The van der Waals surface area contributed by atoms with Gasteiger partial charge in [-0.1, -0.05) is 18.2 Å². The lowest BCUT2D eigenvalue weighted by Gasteiger charge is -2.17. The van der Waals surface area contributed by atoms with Gasteiger partial charge in [0.1, 0.15) is 4.90 Å². The van der Waals surface area contributed by atoms with E-state index in [2.05, 4.69) is 30.1 Å². The topological polar surface area (TPSA) is 100 Å². The Bertz CT molecular complexity index is 1350. The SMILES string of the molecule is O=S(=O)(Nc1ccc(Nc2cc(N3CCCC3)cnn2)cc1)c1cccc2cccnc12. The van der Waals surface area contributed by atoms with Crippen molar-refractivity contribution in [1.29, 1.82) is 0 Å². The van der Waals surface area contributed by atoms with Crippen molar-refractivity contribution in [2.45, 2.75) is 17.7 Å². The molecule has 2 aromatic carbocycles. The van der Waals surface area contributed by atoms with Crippen LogP contribution in [0.2, 0.25) is 0 Å². The van der Waals surface area contributed by atoms with Crippen LogP contribution in [0.3, 0.4) is 0 Å². The smallest absolute Gasteiger partial charge is 0.264 e. The van der Waals surface area contributed by atoms with Crippen LogP contribution in [-0.4, -0.2) is 36.7 Å². The summed E-state index contributed by atoms with van der Waals surface area (Å²) in [5.41, 5.74) is 2.73. The summed E-state index contributed by atoms with van der Waals surface area (Å²) in [6, 6.07) is 17.7. The molecule has 1 saturated heterocycles. The standard InChI is InChI=1S/C23H22N6O2S/c30-32(31,21-7-3-5-17-6-4-12-24-23(17)21)28-19-10-8-18(9-11-19)26-22-15-20(16-25-27-22)29-13-1-2-14-29/h3-12,15-16,28H,1-2,13-14H2,(H,26,27). The largest absolute Gasteiger partial charge is 0.370 e. The molecule has 9 heteroatoms. The van der Waals surface area contributed by atoms with Gasteiger partial charge in [0.15, 0.2) is 5.82 Å². The highest BCUT2D eigenvalue weighted by molar-refractivity contribution is 7.93. The summed E-state index contributed by atoms with van der Waals surface area (Å²) in [4.78, 5) is 6.68. The summed E-state index contributed by atoms with van der Waals surface area (Å²) in [5, 5.41) is 12.2. The number of hydrogen-bond acceptors (Lipinski definition) is 7. The Labute approximate surface area is 186 Å². The summed E-state index contributed by atoms with van der Waals surface area (Å²) in [5.74, 6) is 0.643. The first-order chi connectivity index (χ1) is 15.6. The number of aromatic nitrogens is 3. The lowest BCUT2D eigenvalue weighted by atomic mass is 10.2. The van der Waals surface area contributed by atoms with Gasteiger partial charge in [0, 0.05) is 42.1 Å². The summed E-state index contributed by atoms with van der Waals surface area (Å²) in [7, 11) is -3.79. The van der Waals surface area contributed by atoms with Gasteiger partial charge in [0.05, 0.1) is 17.4 Å². The van der Waals surface area contributed by atoms with E-state index in [0.29, 0.717) is 17.0 Å². The molecule has 1 aliphatic rings. The Morgan fingerprint density at radius 3 is 2.47 bits per heavy atom. The Morgan fingerprint density at radius 1 is 0.906 bits per heavy atom. The maximum absolute atomic E-state index is 13.0. The maximum Gasteiger partial charge on any atom is 0.264 e. The average Bonchev–Trinajstić information content (AvgIpc) is 3.35. The number of anilines is 4. The molecule has 0 aliphatic carbocycles. The second-order valence-electron chi connectivity index (χ2n) is 7.63. The fraction of sp³-hybridized carbons (Fsp3) is 0.174. The van der Waals surface area contributed by atoms with Crippen LogP contribution in [-0.2, 0) is 10.0 Å². The molecule has 0 amide bonds. The van der Waals surface area contributed by atoms with Gasteiger partial charge in [0.2, 0.25) is 0 Å². The van der Waals surface area contributed by atoms with Crippen molar-refractivity contribution in [1.82, 2.24) is 15.2 Å². The van der Waals surface area contributed by atoms with E-state index in [1.54, 1.807) is 54.9 Å². The second kappa shape index (κ2) is 8.43. The average molecular weight is 447 g/mol. The Kier molecular flexibility index (Phi) is 5.32. The van der Waals surface area contributed by atoms with Crippen LogP contribution in [0.4, 0.5) is 22.9 Å². The first-order valence-electron chi connectivity index (χ1n) is 10.4. The third kappa shape index (κ3) is 4.19. The van der Waals surface area contributed by atoms with Crippen molar-refractivity contribution < 1.29 is 8.42 Å². The van der Waals surface area contributed by atoms with Crippen LogP contribution in [0, 0.1) is 0 Å². The summed E-state index contributed by atoms with van der Waals surface area (Å²) >= 11 is 0. The van der Waals surface area contributed by atoms with Gasteiger partial charge >= 0.3 is 0 Å². The molecule has 1 aliphatic heterocycles. The Hall–Kier alpha value is -3.72. The van der Waals surface area contributed by atoms with Crippen molar-refractivity contribution in [2.75, 3.05) is 28.0 Å². The fourth-order valence-electron chi connectivity index (χ4n) is 3.84. The number of hydrogen-bond donors (Lipinski definition) is 2. The molecule has 4 aromatic rings. The van der Waals surface area contributed by atoms with Gasteiger partial charge in [-0.15, -0.1) is 5.10 Å². The number of para-hydroxylation sites is 1. The van der Waals surface area contributed by atoms with E-state index in [-0.39, 0.29) is 4.90 Å². The molecule has 5 rings (SSSR count). The quantitative estimate of drug-likeness (QED) is 0.458.